The monoisotopic (exact) mass is 374 g/mol. The molecule has 0 saturated carbocycles. The van der Waals surface area contributed by atoms with Gasteiger partial charge in [-0.05, 0) is 23.6 Å². The first-order valence-electron chi connectivity index (χ1n) is 8.45. The number of ketones is 2. The van der Waals surface area contributed by atoms with E-state index in [9.17, 15) is 27.9 Å². The summed E-state index contributed by atoms with van der Waals surface area (Å²) in [5.41, 5.74) is -0.154. The van der Waals surface area contributed by atoms with Crippen LogP contribution in [0.2, 0.25) is 0 Å². The van der Waals surface area contributed by atoms with Crippen LogP contribution in [0.25, 0.3) is 0 Å². The molecular formula is C21H17F3O3. The summed E-state index contributed by atoms with van der Waals surface area (Å²) in [5, 5.41) is 10.3. The van der Waals surface area contributed by atoms with Crippen molar-refractivity contribution in [2.24, 2.45) is 0 Å². The second kappa shape index (κ2) is 7.39. The summed E-state index contributed by atoms with van der Waals surface area (Å²) in [6.45, 7) is 0. The lowest BCUT2D eigenvalue weighted by atomic mass is 9.81. The summed E-state index contributed by atoms with van der Waals surface area (Å²) < 4.78 is 38.4. The Labute approximate surface area is 154 Å². The van der Waals surface area contributed by atoms with Gasteiger partial charge in [-0.1, -0.05) is 42.5 Å². The van der Waals surface area contributed by atoms with Crippen LogP contribution in [0.3, 0.4) is 0 Å². The number of alkyl halides is 3. The molecule has 2 aromatic rings. The summed E-state index contributed by atoms with van der Waals surface area (Å²) in [6, 6.07) is 13.3. The molecule has 3 rings (SSSR count). The number of Topliss-reactive ketones (excluding diaryl/α,β-unsaturated/α-hetero) is 2. The first-order chi connectivity index (χ1) is 12.8. The van der Waals surface area contributed by atoms with Crippen molar-refractivity contribution in [2.45, 2.75) is 31.4 Å². The van der Waals surface area contributed by atoms with Gasteiger partial charge in [0, 0.05) is 30.4 Å². The fourth-order valence-electron chi connectivity index (χ4n) is 3.23. The largest absolute Gasteiger partial charge is 0.512 e. The third-order valence-electron chi connectivity index (χ3n) is 4.68. The van der Waals surface area contributed by atoms with Crippen molar-refractivity contribution in [1.82, 2.24) is 0 Å². The van der Waals surface area contributed by atoms with Crippen molar-refractivity contribution in [3.63, 3.8) is 0 Å². The molecule has 0 radical (unpaired) electrons. The summed E-state index contributed by atoms with van der Waals surface area (Å²) in [4.78, 5) is 24.8. The molecule has 1 unspecified atom stereocenters. The quantitative estimate of drug-likeness (QED) is 0.745. The van der Waals surface area contributed by atoms with Crippen molar-refractivity contribution < 1.29 is 27.9 Å². The van der Waals surface area contributed by atoms with Crippen LogP contribution in [0, 0.1) is 0 Å². The number of benzene rings is 2. The van der Waals surface area contributed by atoms with Gasteiger partial charge in [-0.15, -0.1) is 0 Å². The third kappa shape index (κ3) is 4.27. The second-order valence-corrected chi connectivity index (χ2v) is 6.54. The molecule has 27 heavy (non-hydrogen) atoms. The van der Waals surface area contributed by atoms with E-state index in [-0.39, 0.29) is 41.4 Å². The highest BCUT2D eigenvalue weighted by Crippen LogP contribution is 2.35. The fourth-order valence-corrected chi connectivity index (χ4v) is 3.23. The number of carbonyl (C=O) groups excluding carboxylic acids is 2. The van der Waals surface area contributed by atoms with Gasteiger partial charge >= 0.3 is 6.18 Å². The van der Waals surface area contributed by atoms with Crippen molar-refractivity contribution in [2.75, 3.05) is 0 Å². The minimum atomic E-state index is -4.55. The average molecular weight is 374 g/mol. The van der Waals surface area contributed by atoms with Gasteiger partial charge in [0.25, 0.3) is 0 Å². The number of hydrogen-bond donors (Lipinski definition) is 1. The Hall–Kier alpha value is -2.89. The molecule has 0 heterocycles. The van der Waals surface area contributed by atoms with Crippen molar-refractivity contribution in [1.29, 1.82) is 0 Å². The number of carbonyl (C=O) groups is 2. The number of aliphatic hydroxyl groups is 1. The van der Waals surface area contributed by atoms with Crippen molar-refractivity contribution in [3.05, 3.63) is 82.6 Å². The fraction of sp³-hybridized carbons (Fsp3) is 0.238. The molecule has 0 spiro atoms. The standard InChI is InChI=1S/C21H17F3O3/c22-21(23,24)16-8-4-7-14(9-16)18(25)12-17-19(26)10-15(11-20(17)27)13-5-2-1-3-6-13/h1-9,15,26H,10-12H2. The lowest BCUT2D eigenvalue weighted by Gasteiger charge is -2.23. The molecule has 140 valence electrons. The minimum Gasteiger partial charge on any atom is -0.512 e. The van der Waals surface area contributed by atoms with Gasteiger partial charge in [0.1, 0.15) is 5.76 Å². The Kier molecular flexibility index (Phi) is 5.17. The Morgan fingerprint density at radius 2 is 1.74 bits per heavy atom. The second-order valence-electron chi connectivity index (χ2n) is 6.54. The van der Waals surface area contributed by atoms with E-state index < -0.39 is 23.9 Å². The molecule has 3 nitrogen and oxygen atoms in total. The molecule has 0 bridgehead atoms. The molecular weight excluding hydrogens is 357 g/mol. The van der Waals surface area contributed by atoms with Gasteiger partial charge in [0.15, 0.2) is 11.6 Å². The summed E-state index contributed by atoms with van der Waals surface area (Å²) in [6.07, 6.45) is -4.59. The molecule has 6 heteroatoms. The first-order valence-corrected chi connectivity index (χ1v) is 8.45. The van der Waals surface area contributed by atoms with Crippen LogP contribution in [-0.4, -0.2) is 16.7 Å². The van der Waals surface area contributed by atoms with E-state index in [2.05, 4.69) is 0 Å². The van der Waals surface area contributed by atoms with Gasteiger partial charge in [-0.3, -0.25) is 9.59 Å². The van der Waals surface area contributed by atoms with Crippen molar-refractivity contribution in [3.8, 4) is 0 Å². The van der Waals surface area contributed by atoms with Crippen LogP contribution in [0.5, 0.6) is 0 Å². The highest BCUT2D eigenvalue weighted by atomic mass is 19.4. The lowest BCUT2D eigenvalue weighted by Crippen LogP contribution is -2.20. The SMILES string of the molecule is O=C1CC(c2ccccc2)CC(O)=C1CC(=O)c1cccc(C(F)(F)F)c1. The molecule has 0 fully saturated rings. The molecule has 0 aliphatic heterocycles. The predicted molar refractivity (Wildman–Crippen MR) is 93.5 cm³/mol. The molecule has 2 aromatic carbocycles. The summed E-state index contributed by atoms with van der Waals surface area (Å²) in [5.74, 6) is -1.33. The maximum absolute atomic E-state index is 12.8. The van der Waals surface area contributed by atoms with Gasteiger partial charge in [0.05, 0.1) is 5.56 Å². The smallest absolute Gasteiger partial charge is 0.416 e. The first kappa shape index (κ1) is 18.9. The minimum absolute atomic E-state index is 0.00964. The maximum Gasteiger partial charge on any atom is 0.416 e. The Balaban J connectivity index is 1.79. The predicted octanol–water partition coefficient (Wildman–Crippen LogP) is 5.24. The van der Waals surface area contributed by atoms with Crippen LogP contribution in [0.4, 0.5) is 13.2 Å². The number of rotatable bonds is 4. The van der Waals surface area contributed by atoms with E-state index in [0.29, 0.717) is 0 Å². The van der Waals surface area contributed by atoms with Gasteiger partial charge in [-0.25, -0.2) is 0 Å². The van der Waals surface area contributed by atoms with E-state index in [1.165, 1.54) is 6.07 Å². The van der Waals surface area contributed by atoms with Crippen molar-refractivity contribution >= 4 is 11.6 Å². The van der Waals surface area contributed by atoms with E-state index in [4.69, 9.17) is 0 Å². The summed E-state index contributed by atoms with van der Waals surface area (Å²) >= 11 is 0. The van der Waals surface area contributed by atoms with Gasteiger partial charge in [0.2, 0.25) is 0 Å². The molecule has 1 N–H and O–H groups in total. The Bertz CT molecular complexity index is 898. The average Bonchev–Trinajstić information content (AvgIpc) is 2.64. The zero-order valence-corrected chi connectivity index (χ0v) is 14.3. The molecule has 0 aromatic heterocycles. The molecule has 1 atom stereocenters. The van der Waals surface area contributed by atoms with Crippen LogP contribution < -0.4 is 0 Å². The number of hydrogen-bond acceptors (Lipinski definition) is 3. The van der Waals surface area contributed by atoms with Gasteiger partial charge in [-0.2, -0.15) is 13.2 Å². The highest BCUT2D eigenvalue weighted by Gasteiger charge is 2.32. The van der Waals surface area contributed by atoms with E-state index >= 15 is 0 Å². The van der Waals surface area contributed by atoms with Gasteiger partial charge < -0.3 is 5.11 Å². The molecule has 1 aliphatic rings. The van der Waals surface area contributed by atoms with Crippen LogP contribution in [0.15, 0.2) is 65.9 Å². The van der Waals surface area contributed by atoms with E-state index in [1.54, 1.807) is 0 Å². The molecule has 0 saturated heterocycles. The topological polar surface area (TPSA) is 54.4 Å². The number of halogens is 3. The Morgan fingerprint density at radius 3 is 2.37 bits per heavy atom. The normalized spacial score (nSPS) is 17.9. The van der Waals surface area contributed by atoms with Crippen LogP contribution in [-0.2, 0) is 11.0 Å². The van der Waals surface area contributed by atoms with Crippen LogP contribution in [0.1, 0.15) is 46.7 Å². The van der Waals surface area contributed by atoms with Crippen LogP contribution >= 0.6 is 0 Å². The number of aliphatic hydroxyl groups excluding tert-OH is 1. The van der Waals surface area contributed by atoms with E-state index in [1.807, 2.05) is 30.3 Å². The number of allylic oxidation sites excluding steroid dienone is 2. The lowest BCUT2D eigenvalue weighted by molar-refractivity contribution is -0.137. The Morgan fingerprint density at radius 1 is 1.04 bits per heavy atom. The molecule has 1 aliphatic carbocycles. The third-order valence-corrected chi connectivity index (χ3v) is 4.68. The highest BCUT2D eigenvalue weighted by molar-refractivity contribution is 6.06. The zero-order valence-electron chi connectivity index (χ0n) is 14.3. The summed E-state index contributed by atoms with van der Waals surface area (Å²) in [7, 11) is 0. The zero-order chi connectivity index (χ0) is 19.6. The molecule has 0 amide bonds. The van der Waals surface area contributed by atoms with E-state index in [0.717, 1.165) is 23.8 Å². The maximum atomic E-state index is 12.8.